The van der Waals surface area contributed by atoms with Crippen LogP contribution in [0.5, 0.6) is 0 Å². The Morgan fingerprint density at radius 2 is 2.11 bits per heavy atom. The van der Waals surface area contributed by atoms with E-state index in [4.69, 9.17) is 0 Å². The molecule has 1 aliphatic carbocycles. The molecule has 0 saturated heterocycles. The average Bonchev–Trinajstić information content (AvgIpc) is 2.36. The summed E-state index contributed by atoms with van der Waals surface area (Å²) in [5.74, 6) is -0.922. The lowest BCUT2D eigenvalue weighted by Gasteiger charge is -2.29. The van der Waals surface area contributed by atoms with Gasteiger partial charge in [0, 0.05) is 6.04 Å². The van der Waals surface area contributed by atoms with Crippen LogP contribution in [0.1, 0.15) is 38.2 Å². The average molecular weight is 253 g/mol. The molecule has 1 aromatic rings. The van der Waals surface area contributed by atoms with Gasteiger partial charge in [0.05, 0.1) is 0 Å². The van der Waals surface area contributed by atoms with Gasteiger partial charge in [-0.2, -0.15) is 0 Å². The summed E-state index contributed by atoms with van der Waals surface area (Å²) < 4.78 is 26.8. The van der Waals surface area contributed by atoms with Crippen molar-refractivity contribution in [3.05, 3.63) is 35.4 Å². The zero-order chi connectivity index (χ0) is 13.0. The number of hydrogen-bond donors (Lipinski definition) is 1. The van der Waals surface area contributed by atoms with Gasteiger partial charge < -0.3 is 5.32 Å². The van der Waals surface area contributed by atoms with Gasteiger partial charge >= 0.3 is 0 Å². The molecular formula is C15H21F2N. The minimum absolute atomic E-state index is 0.471. The molecule has 0 aliphatic heterocycles. The second kappa shape index (κ2) is 6.28. The van der Waals surface area contributed by atoms with Crippen LogP contribution in [-0.4, -0.2) is 12.6 Å². The maximum absolute atomic E-state index is 13.6. The van der Waals surface area contributed by atoms with Crippen LogP contribution in [0, 0.1) is 17.6 Å². The fraction of sp³-hybridized carbons (Fsp3) is 0.600. The van der Waals surface area contributed by atoms with Crippen molar-refractivity contribution in [2.75, 3.05) is 6.54 Å². The summed E-state index contributed by atoms with van der Waals surface area (Å²) in [6.07, 6.45) is 5.24. The highest BCUT2D eigenvalue weighted by molar-refractivity contribution is 5.19. The van der Waals surface area contributed by atoms with E-state index >= 15 is 0 Å². The van der Waals surface area contributed by atoms with Crippen molar-refractivity contribution in [1.29, 1.82) is 0 Å². The quantitative estimate of drug-likeness (QED) is 0.863. The molecule has 3 heteroatoms. The van der Waals surface area contributed by atoms with Crippen molar-refractivity contribution < 1.29 is 8.78 Å². The van der Waals surface area contributed by atoms with E-state index in [9.17, 15) is 8.78 Å². The lowest BCUT2D eigenvalue weighted by Crippen LogP contribution is -2.34. The molecule has 2 atom stereocenters. The molecule has 1 saturated carbocycles. The maximum atomic E-state index is 13.6. The van der Waals surface area contributed by atoms with E-state index in [1.165, 1.54) is 18.9 Å². The van der Waals surface area contributed by atoms with Gasteiger partial charge in [-0.15, -0.1) is 0 Å². The highest BCUT2D eigenvalue weighted by atomic mass is 19.2. The highest BCUT2D eigenvalue weighted by Gasteiger charge is 2.22. The fourth-order valence-electron chi connectivity index (χ4n) is 2.97. The van der Waals surface area contributed by atoms with E-state index < -0.39 is 11.6 Å². The van der Waals surface area contributed by atoms with Crippen molar-refractivity contribution in [3.8, 4) is 0 Å². The lowest BCUT2D eigenvalue weighted by atomic mass is 9.82. The van der Waals surface area contributed by atoms with Crippen molar-refractivity contribution in [1.82, 2.24) is 5.32 Å². The van der Waals surface area contributed by atoms with E-state index in [0.717, 1.165) is 19.4 Å². The molecule has 1 aromatic carbocycles. The van der Waals surface area contributed by atoms with Gasteiger partial charge in [-0.05, 0) is 43.4 Å². The summed E-state index contributed by atoms with van der Waals surface area (Å²) in [5.41, 5.74) is 0.525. The topological polar surface area (TPSA) is 12.0 Å². The van der Waals surface area contributed by atoms with Crippen LogP contribution >= 0.6 is 0 Å². The number of nitrogens with one attached hydrogen (secondary N) is 1. The number of hydrogen-bond acceptors (Lipinski definition) is 1. The summed E-state index contributed by atoms with van der Waals surface area (Å²) in [4.78, 5) is 0. The third-order valence-electron chi connectivity index (χ3n) is 3.82. The molecule has 1 N–H and O–H groups in total. The zero-order valence-electron chi connectivity index (χ0n) is 10.9. The fourth-order valence-corrected chi connectivity index (χ4v) is 2.97. The van der Waals surface area contributed by atoms with E-state index in [1.807, 2.05) is 0 Å². The number of halogens is 2. The largest absolute Gasteiger partial charge is 0.314 e. The van der Waals surface area contributed by atoms with Crippen LogP contribution in [0.15, 0.2) is 18.2 Å². The molecule has 0 spiro atoms. The predicted molar refractivity (Wildman–Crippen MR) is 69.5 cm³/mol. The van der Waals surface area contributed by atoms with Gasteiger partial charge in [-0.1, -0.05) is 31.9 Å². The minimum atomic E-state index is -0.730. The van der Waals surface area contributed by atoms with Crippen molar-refractivity contribution in [2.45, 2.75) is 45.1 Å². The van der Waals surface area contributed by atoms with E-state index in [2.05, 4.69) is 12.2 Å². The minimum Gasteiger partial charge on any atom is -0.314 e. The second-order valence-corrected chi connectivity index (χ2v) is 5.20. The van der Waals surface area contributed by atoms with Crippen LogP contribution in [0.2, 0.25) is 0 Å². The Hall–Kier alpha value is -0.960. The van der Waals surface area contributed by atoms with Crippen LogP contribution in [0.25, 0.3) is 0 Å². The first-order valence-electron chi connectivity index (χ1n) is 6.87. The van der Waals surface area contributed by atoms with Gasteiger partial charge in [0.25, 0.3) is 0 Å². The van der Waals surface area contributed by atoms with Crippen LogP contribution in [-0.2, 0) is 6.42 Å². The molecule has 0 amide bonds. The Bertz CT molecular complexity index is 390. The second-order valence-electron chi connectivity index (χ2n) is 5.20. The maximum Gasteiger partial charge on any atom is 0.162 e. The molecule has 1 aliphatic rings. The molecule has 1 fully saturated rings. The molecule has 0 bridgehead atoms. The monoisotopic (exact) mass is 253 g/mol. The lowest BCUT2D eigenvalue weighted by molar-refractivity contribution is 0.284. The first-order chi connectivity index (χ1) is 8.70. The molecule has 18 heavy (non-hydrogen) atoms. The van der Waals surface area contributed by atoms with Gasteiger partial charge in [0.2, 0.25) is 0 Å². The van der Waals surface area contributed by atoms with Gasteiger partial charge in [0.1, 0.15) is 0 Å². The Morgan fingerprint density at radius 1 is 1.28 bits per heavy atom. The summed E-state index contributed by atoms with van der Waals surface area (Å²) >= 11 is 0. The van der Waals surface area contributed by atoms with Crippen molar-refractivity contribution in [2.24, 2.45) is 5.92 Å². The summed E-state index contributed by atoms with van der Waals surface area (Å²) in [7, 11) is 0. The molecule has 0 heterocycles. The van der Waals surface area contributed by atoms with Crippen LogP contribution in [0.3, 0.4) is 0 Å². The van der Waals surface area contributed by atoms with E-state index in [0.29, 0.717) is 23.9 Å². The summed E-state index contributed by atoms with van der Waals surface area (Å²) in [6, 6.07) is 5.03. The molecular weight excluding hydrogens is 232 g/mol. The van der Waals surface area contributed by atoms with Crippen LogP contribution in [0.4, 0.5) is 8.78 Å². The summed E-state index contributed by atoms with van der Waals surface area (Å²) in [6.45, 7) is 3.08. The smallest absolute Gasteiger partial charge is 0.162 e. The Morgan fingerprint density at radius 3 is 2.89 bits per heavy atom. The Balaban J connectivity index is 1.98. The SMILES string of the molecule is CCNC1CCCC(Cc2cccc(F)c2F)C1. The molecule has 0 radical (unpaired) electrons. The first-order valence-corrected chi connectivity index (χ1v) is 6.87. The Kier molecular flexibility index (Phi) is 4.70. The third kappa shape index (κ3) is 3.29. The molecule has 2 rings (SSSR count). The third-order valence-corrected chi connectivity index (χ3v) is 3.82. The molecule has 100 valence electrons. The van der Waals surface area contributed by atoms with Crippen molar-refractivity contribution in [3.63, 3.8) is 0 Å². The molecule has 0 aromatic heterocycles. The summed E-state index contributed by atoms with van der Waals surface area (Å²) in [5, 5.41) is 3.46. The van der Waals surface area contributed by atoms with E-state index in [-0.39, 0.29) is 0 Å². The first kappa shape index (κ1) is 13.5. The highest BCUT2D eigenvalue weighted by Crippen LogP contribution is 2.28. The van der Waals surface area contributed by atoms with Gasteiger partial charge in [-0.25, -0.2) is 8.78 Å². The number of benzene rings is 1. The Labute approximate surface area is 108 Å². The van der Waals surface area contributed by atoms with Gasteiger partial charge in [0.15, 0.2) is 11.6 Å². The standard InChI is InChI=1S/C15H21F2N/c1-2-18-13-7-3-5-11(10-13)9-12-6-4-8-14(16)15(12)17/h4,6,8,11,13,18H,2-3,5,7,9-10H2,1H3. The van der Waals surface area contributed by atoms with E-state index in [1.54, 1.807) is 12.1 Å². The van der Waals surface area contributed by atoms with Crippen LogP contribution < -0.4 is 5.32 Å². The predicted octanol–water partition coefficient (Wildman–Crippen LogP) is 3.68. The number of rotatable bonds is 4. The van der Waals surface area contributed by atoms with Gasteiger partial charge in [-0.3, -0.25) is 0 Å². The molecule has 2 unspecified atom stereocenters. The zero-order valence-corrected chi connectivity index (χ0v) is 10.9. The molecule has 1 nitrogen and oxygen atoms in total. The van der Waals surface area contributed by atoms with Crippen molar-refractivity contribution >= 4 is 0 Å². The normalized spacial score (nSPS) is 24.2.